The first-order valence-electron chi connectivity index (χ1n) is 5.87. The monoisotopic (exact) mass is 264 g/mol. The number of hydrogen-bond acceptors (Lipinski definition) is 4. The third-order valence-corrected chi connectivity index (χ3v) is 3.84. The number of nitrogens with two attached hydrogens (primary N) is 1. The normalized spacial score (nSPS) is 10.8. The van der Waals surface area contributed by atoms with E-state index >= 15 is 0 Å². The van der Waals surface area contributed by atoms with Crippen molar-refractivity contribution in [1.29, 1.82) is 0 Å². The van der Waals surface area contributed by atoms with Crippen molar-refractivity contribution in [2.75, 3.05) is 6.61 Å². The Hall–Kier alpha value is -1.43. The predicted molar refractivity (Wildman–Crippen MR) is 73.4 cm³/mol. The molecule has 0 fully saturated rings. The molecule has 3 N–H and O–H groups in total. The molecule has 5 heteroatoms. The zero-order chi connectivity index (χ0) is 13.0. The smallest absolute Gasteiger partial charge is 0.275 e. The van der Waals surface area contributed by atoms with Gasteiger partial charge >= 0.3 is 0 Å². The van der Waals surface area contributed by atoms with Gasteiger partial charge in [-0.15, -0.1) is 11.3 Å². The SMILES string of the molecule is CCCOCc1c(C(=O)NN)sc2ccccc12. The van der Waals surface area contributed by atoms with Crippen LogP contribution in [0.25, 0.3) is 10.1 Å². The Morgan fingerprint density at radius 1 is 1.44 bits per heavy atom. The van der Waals surface area contributed by atoms with Gasteiger partial charge in [-0.05, 0) is 17.9 Å². The van der Waals surface area contributed by atoms with Crippen molar-refractivity contribution >= 4 is 27.3 Å². The maximum absolute atomic E-state index is 11.8. The summed E-state index contributed by atoms with van der Waals surface area (Å²) >= 11 is 1.44. The van der Waals surface area contributed by atoms with Crippen LogP contribution in [0.5, 0.6) is 0 Å². The number of hydrazine groups is 1. The second-order valence-corrected chi connectivity index (χ2v) is 4.98. The lowest BCUT2D eigenvalue weighted by molar-refractivity contribution is 0.0946. The van der Waals surface area contributed by atoms with Crippen LogP contribution in [0.15, 0.2) is 24.3 Å². The van der Waals surface area contributed by atoms with Crippen LogP contribution in [0.3, 0.4) is 0 Å². The Morgan fingerprint density at radius 3 is 2.94 bits per heavy atom. The maximum Gasteiger partial charge on any atom is 0.275 e. The standard InChI is InChI=1S/C13H16N2O2S/c1-2-7-17-8-10-9-5-3-4-6-11(9)18-12(10)13(16)15-14/h3-6H,2,7-8,14H2,1H3,(H,15,16). The molecule has 18 heavy (non-hydrogen) atoms. The summed E-state index contributed by atoms with van der Waals surface area (Å²) in [5.41, 5.74) is 3.11. The molecule has 0 bridgehead atoms. The van der Waals surface area contributed by atoms with Gasteiger partial charge < -0.3 is 4.74 Å². The van der Waals surface area contributed by atoms with E-state index in [2.05, 4.69) is 12.3 Å². The second kappa shape index (κ2) is 5.95. The first-order chi connectivity index (χ1) is 8.77. The van der Waals surface area contributed by atoms with Gasteiger partial charge in [0.1, 0.15) is 0 Å². The number of ether oxygens (including phenoxy) is 1. The van der Waals surface area contributed by atoms with Gasteiger partial charge in [0, 0.05) is 16.9 Å². The summed E-state index contributed by atoms with van der Waals surface area (Å²) < 4.78 is 6.63. The Morgan fingerprint density at radius 2 is 2.22 bits per heavy atom. The van der Waals surface area contributed by atoms with Gasteiger partial charge in [0.15, 0.2) is 0 Å². The van der Waals surface area contributed by atoms with Crippen LogP contribution in [0.1, 0.15) is 28.6 Å². The van der Waals surface area contributed by atoms with Gasteiger partial charge in [0.2, 0.25) is 0 Å². The predicted octanol–water partition coefficient (Wildman–Crippen LogP) is 2.43. The molecule has 1 aromatic heterocycles. The molecule has 1 heterocycles. The lowest BCUT2D eigenvalue weighted by Gasteiger charge is -2.04. The van der Waals surface area contributed by atoms with Crippen molar-refractivity contribution in [3.63, 3.8) is 0 Å². The van der Waals surface area contributed by atoms with E-state index in [0.717, 1.165) is 22.1 Å². The average molecular weight is 264 g/mol. The lowest BCUT2D eigenvalue weighted by atomic mass is 10.1. The van der Waals surface area contributed by atoms with E-state index in [1.165, 1.54) is 11.3 Å². The topological polar surface area (TPSA) is 64.3 Å². The highest BCUT2D eigenvalue weighted by molar-refractivity contribution is 7.21. The van der Waals surface area contributed by atoms with Crippen molar-refractivity contribution in [2.24, 2.45) is 5.84 Å². The van der Waals surface area contributed by atoms with Gasteiger partial charge in [0.25, 0.3) is 5.91 Å². The Bertz CT molecular complexity index is 551. The van der Waals surface area contributed by atoms with Crippen LogP contribution in [-0.2, 0) is 11.3 Å². The minimum absolute atomic E-state index is 0.258. The van der Waals surface area contributed by atoms with Crippen LogP contribution >= 0.6 is 11.3 Å². The van der Waals surface area contributed by atoms with Gasteiger partial charge in [-0.25, -0.2) is 5.84 Å². The highest BCUT2D eigenvalue weighted by Crippen LogP contribution is 2.31. The minimum Gasteiger partial charge on any atom is -0.377 e. The van der Waals surface area contributed by atoms with Crippen LogP contribution in [-0.4, -0.2) is 12.5 Å². The van der Waals surface area contributed by atoms with Crippen LogP contribution in [0.2, 0.25) is 0 Å². The van der Waals surface area contributed by atoms with Crippen LogP contribution in [0, 0.1) is 0 Å². The molecule has 0 atom stereocenters. The summed E-state index contributed by atoms with van der Waals surface area (Å²) in [6.45, 7) is 3.19. The van der Waals surface area contributed by atoms with Gasteiger partial charge in [-0.1, -0.05) is 25.1 Å². The molecule has 0 aliphatic carbocycles. The molecule has 2 rings (SSSR count). The van der Waals surface area contributed by atoms with E-state index in [4.69, 9.17) is 10.6 Å². The van der Waals surface area contributed by atoms with Crippen LogP contribution in [0.4, 0.5) is 0 Å². The maximum atomic E-state index is 11.8. The highest BCUT2D eigenvalue weighted by Gasteiger charge is 2.17. The molecule has 0 aliphatic rings. The fourth-order valence-electron chi connectivity index (χ4n) is 1.81. The summed E-state index contributed by atoms with van der Waals surface area (Å²) in [6.07, 6.45) is 0.959. The van der Waals surface area contributed by atoms with Crippen molar-refractivity contribution < 1.29 is 9.53 Å². The summed E-state index contributed by atoms with van der Waals surface area (Å²) in [6, 6.07) is 7.92. The number of fused-ring (bicyclic) bond motifs is 1. The van der Waals surface area contributed by atoms with E-state index in [0.29, 0.717) is 18.1 Å². The quantitative estimate of drug-likeness (QED) is 0.377. The third-order valence-electron chi connectivity index (χ3n) is 2.63. The average Bonchev–Trinajstić information content (AvgIpc) is 2.77. The fraction of sp³-hybridized carbons (Fsp3) is 0.308. The number of nitrogen functional groups attached to an aromatic ring is 1. The van der Waals surface area contributed by atoms with E-state index < -0.39 is 0 Å². The Balaban J connectivity index is 2.41. The molecule has 0 unspecified atom stereocenters. The molecule has 0 radical (unpaired) electrons. The van der Waals surface area contributed by atoms with E-state index in [1.54, 1.807) is 0 Å². The molecule has 2 aromatic rings. The van der Waals surface area contributed by atoms with Crippen molar-refractivity contribution in [2.45, 2.75) is 20.0 Å². The first-order valence-corrected chi connectivity index (χ1v) is 6.68. The largest absolute Gasteiger partial charge is 0.377 e. The summed E-state index contributed by atoms with van der Waals surface area (Å²) in [5, 5.41) is 1.07. The second-order valence-electron chi connectivity index (χ2n) is 3.93. The summed E-state index contributed by atoms with van der Waals surface area (Å²) in [7, 11) is 0. The molecular weight excluding hydrogens is 248 g/mol. The van der Waals surface area contributed by atoms with Gasteiger partial charge in [-0.2, -0.15) is 0 Å². The Labute approximate surface area is 110 Å². The lowest BCUT2D eigenvalue weighted by Crippen LogP contribution is -2.30. The summed E-state index contributed by atoms with van der Waals surface area (Å²) in [4.78, 5) is 12.4. The van der Waals surface area contributed by atoms with Crippen molar-refractivity contribution in [1.82, 2.24) is 5.43 Å². The molecule has 1 amide bonds. The molecule has 0 saturated heterocycles. The minimum atomic E-state index is -0.258. The van der Waals surface area contributed by atoms with Crippen molar-refractivity contribution in [3.05, 3.63) is 34.7 Å². The molecule has 0 spiro atoms. The molecule has 1 aromatic carbocycles. The number of carbonyl (C=O) groups is 1. The number of rotatable bonds is 5. The number of hydrogen-bond donors (Lipinski definition) is 2. The van der Waals surface area contributed by atoms with E-state index in [9.17, 15) is 4.79 Å². The zero-order valence-corrected chi connectivity index (χ0v) is 11.0. The fourth-order valence-corrected chi connectivity index (χ4v) is 2.92. The van der Waals surface area contributed by atoms with Gasteiger partial charge in [0.05, 0.1) is 11.5 Å². The van der Waals surface area contributed by atoms with E-state index in [1.807, 2.05) is 24.3 Å². The van der Waals surface area contributed by atoms with Crippen LogP contribution < -0.4 is 11.3 Å². The zero-order valence-electron chi connectivity index (χ0n) is 10.2. The van der Waals surface area contributed by atoms with E-state index in [-0.39, 0.29) is 5.91 Å². The number of benzene rings is 1. The molecular formula is C13H16N2O2S. The number of amides is 1. The third kappa shape index (κ3) is 2.53. The first kappa shape index (κ1) is 13.0. The molecule has 0 aliphatic heterocycles. The van der Waals surface area contributed by atoms with Gasteiger partial charge in [-0.3, -0.25) is 10.2 Å². The number of thiophene rings is 1. The molecule has 4 nitrogen and oxygen atoms in total. The number of nitrogens with one attached hydrogen (secondary N) is 1. The highest BCUT2D eigenvalue weighted by atomic mass is 32.1. The molecule has 96 valence electrons. The van der Waals surface area contributed by atoms with Crippen molar-refractivity contribution in [3.8, 4) is 0 Å². The molecule has 0 saturated carbocycles. The Kier molecular flexibility index (Phi) is 4.30. The number of carbonyl (C=O) groups excluding carboxylic acids is 1. The summed E-state index contributed by atoms with van der Waals surface area (Å²) in [5.74, 6) is 4.96.